The van der Waals surface area contributed by atoms with Crippen molar-refractivity contribution in [1.29, 1.82) is 0 Å². The van der Waals surface area contributed by atoms with Crippen molar-refractivity contribution < 1.29 is 18.9 Å². The second-order valence-electron chi connectivity index (χ2n) is 5.65. The van der Waals surface area contributed by atoms with Crippen LogP contribution in [0.25, 0.3) is 10.8 Å². The topological polar surface area (TPSA) is 43.5 Å². The van der Waals surface area contributed by atoms with Crippen LogP contribution in [0, 0.1) is 6.92 Å². The van der Waals surface area contributed by atoms with Crippen molar-refractivity contribution in [1.82, 2.24) is 0 Å². The molecule has 4 heteroatoms. The summed E-state index contributed by atoms with van der Waals surface area (Å²) in [6.07, 6.45) is 0.489. The van der Waals surface area contributed by atoms with Gasteiger partial charge >= 0.3 is 0 Å². The SMILES string of the molecule is Cc1cc(OCC2CO2)c2c(OCC3CO3)cccc2c1. The van der Waals surface area contributed by atoms with Crippen molar-refractivity contribution in [2.24, 2.45) is 0 Å². The molecule has 2 aliphatic heterocycles. The van der Waals surface area contributed by atoms with E-state index in [1.165, 1.54) is 5.56 Å². The number of fused-ring (bicyclic) bond motifs is 1. The van der Waals surface area contributed by atoms with Gasteiger partial charge in [0.05, 0.1) is 18.6 Å². The van der Waals surface area contributed by atoms with Crippen LogP contribution in [0.2, 0.25) is 0 Å². The molecule has 2 heterocycles. The Kier molecular flexibility index (Phi) is 3.20. The van der Waals surface area contributed by atoms with Gasteiger partial charge in [0.2, 0.25) is 0 Å². The molecular weight excluding hydrogens is 268 g/mol. The Morgan fingerprint density at radius 3 is 2.33 bits per heavy atom. The van der Waals surface area contributed by atoms with E-state index < -0.39 is 0 Å². The Bertz CT molecular complexity index is 659. The lowest BCUT2D eigenvalue weighted by molar-refractivity contribution is 0.258. The fourth-order valence-corrected chi connectivity index (χ4v) is 2.43. The van der Waals surface area contributed by atoms with Gasteiger partial charge in [0.1, 0.15) is 36.9 Å². The van der Waals surface area contributed by atoms with Crippen LogP contribution in [0.4, 0.5) is 0 Å². The van der Waals surface area contributed by atoms with Gasteiger partial charge in [-0.2, -0.15) is 0 Å². The Balaban J connectivity index is 1.68. The molecule has 4 rings (SSSR count). The van der Waals surface area contributed by atoms with Gasteiger partial charge in [-0.05, 0) is 30.0 Å². The molecule has 2 fully saturated rings. The maximum absolute atomic E-state index is 5.95. The third-order valence-electron chi connectivity index (χ3n) is 3.70. The first-order chi connectivity index (χ1) is 10.3. The van der Waals surface area contributed by atoms with E-state index in [9.17, 15) is 0 Å². The minimum Gasteiger partial charge on any atom is -0.490 e. The summed E-state index contributed by atoms with van der Waals surface area (Å²) in [7, 11) is 0. The highest BCUT2D eigenvalue weighted by Gasteiger charge is 2.25. The van der Waals surface area contributed by atoms with E-state index in [2.05, 4.69) is 25.1 Å². The zero-order valence-corrected chi connectivity index (χ0v) is 12.0. The number of rotatable bonds is 6. The van der Waals surface area contributed by atoms with Crippen molar-refractivity contribution in [3.05, 3.63) is 35.9 Å². The first-order valence-electron chi connectivity index (χ1n) is 7.32. The lowest BCUT2D eigenvalue weighted by Crippen LogP contribution is -2.07. The van der Waals surface area contributed by atoms with Crippen molar-refractivity contribution in [3.63, 3.8) is 0 Å². The minimum atomic E-state index is 0.244. The van der Waals surface area contributed by atoms with E-state index >= 15 is 0 Å². The predicted octanol–water partition coefficient (Wildman–Crippen LogP) is 2.70. The van der Waals surface area contributed by atoms with Crippen molar-refractivity contribution in [2.75, 3.05) is 26.4 Å². The number of hydrogen-bond acceptors (Lipinski definition) is 4. The zero-order valence-electron chi connectivity index (χ0n) is 12.0. The van der Waals surface area contributed by atoms with Crippen LogP contribution in [-0.2, 0) is 9.47 Å². The summed E-state index contributed by atoms with van der Waals surface area (Å²) in [5.74, 6) is 1.72. The van der Waals surface area contributed by atoms with Gasteiger partial charge in [0.25, 0.3) is 0 Å². The monoisotopic (exact) mass is 286 g/mol. The van der Waals surface area contributed by atoms with Crippen LogP contribution in [0.5, 0.6) is 11.5 Å². The van der Waals surface area contributed by atoms with Gasteiger partial charge in [-0.15, -0.1) is 0 Å². The standard InChI is InChI=1S/C17H18O4/c1-11-5-12-3-2-4-15(20-9-13-7-18-13)17(12)16(6-11)21-10-14-8-19-14/h2-6,13-14H,7-10H2,1H3. The Morgan fingerprint density at radius 1 is 1.00 bits per heavy atom. The summed E-state index contributed by atoms with van der Waals surface area (Å²) in [4.78, 5) is 0. The maximum Gasteiger partial charge on any atom is 0.131 e. The second-order valence-corrected chi connectivity index (χ2v) is 5.65. The second kappa shape index (κ2) is 5.20. The molecule has 2 aliphatic rings. The minimum absolute atomic E-state index is 0.244. The summed E-state index contributed by atoms with van der Waals surface area (Å²) in [6, 6.07) is 10.3. The summed E-state index contributed by atoms with van der Waals surface area (Å²) >= 11 is 0. The largest absolute Gasteiger partial charge is 0.490 e. The quantitative estimate of drug-likeness (QED) is 0.766. The average Bonchev–Trinajstić information content (AvgIpc) is 3.37. The number of ether oxygens (including phenoxy) is 4. The van der Waals surface area contributed by atoms with E-state index in [0.29, 0.717) is 13.2 Å². The Morgan fingerprint density at radius 2 is 1.67 bits per heavy atom. The molecule has 21 heavy (non-hydrogen) atoms. The summed E-state index contributed by atoms with van der Waals surface area (Å²) < 4.78 is 22.3. The van der Waals surface area contributed by atoms with Crippen LogP contribution >= 0.6 is 0 Å². The zero-order chi connectivity index (χ0) is 14.2. The number of benzene rings is 2. The molecule has 2 unspecified atom stereocenters. The lowest BCUT2D eigenvalue weighted by atomic mass is 10.1. The van der Waals surface area contributed by atoms with Gasteiger partial charge in [-0.25, -0.2) is 0 Å². The van der Waals surface area contributed by atoms with E-state index in [0.717, 1.165) is 35.5 Å². The molecule has 2 aromatic carbocycles. The third-order valence-corrected chi connectivity index (χ3v) is 3.70. The molecule has 2 atom stereocenters. The smallest absolute Gasteiger partial charge is 0.131 e. The fourth-order valence-electron chi connectivity index (χ4n) is 2.43. The molecule has 0 aromatic heterocycles. The number of epoxide rings is 2. The molecule has 0 radical (unpaired) electrons. The van der Waals surface area contributed by atoms with Crippen LogP contribution in [0.15, 0.2) is 30.3 Å². The van der Waals surface area contributed by atoms with E-state index in [1.807, 2.05) is 12.1 Å². The van der Waals surface area contributed by atoms with E-state index in [4.69, 9.17) is 18.9 Å². The van der Waals surface area contributed by atoms with E-state index in [-0.39, 0.29) is 12.2 Å². The Labute approximate surface area is 123 Å². The molecule has 0 aliphatic carbocycles. The van der Waals surface area contributed by atoms with E-state index in [1.54, 1.807) is 0 Å². The molecule has 4 nitrogen and oxygen atoms in total. The first kappa shape index (κ1) is 12.9. The van der Waals surface area contributed by atoms with Crippen LogP contribution in [0.3, 0.4) is 0 Å². The van der Waals surface area contributed by atoms with Crippen molar-refractivity contribution in [2.45, 2.75) is 19.1 Å². The molecule has 0 amide bonds. The number of hydrogen-bond donors (Lipinski definition) is 0. The molecular formula is C17H18O4. The molecule has 2 aromatic rings. The summed E-state index contributed by atoms with van der Waals surface area (Å²) in [6.45, 7) is 4.86. The van der Waals surface area contributed by atoms with Crippen LogP contribution in [0.1, 0.15) is 5.56 Å². The van der Waals surface area contributed by atoms with Crippen molar-refractivity contribution >= 4 is 10.8 Å². The fraction of sp³-hybridized carbons (Fsp3) is 0.412. The molecule has 0 bridgehead atoms. The third kappa shape index (κ3) is 2.96. The highest BCUT2D eigenvalue weighted by Crippen LogP contribution is 2.36. The van der Waals surface area contributed by atoms with Crippen LogP contribution in [-0.4, -0.2) is 38.6 Å². The molecule has 0 spiro atoms. The van der Waals surface area contributed by atoms with Gasteiger partial charge in [0.15, 0.2) is 0 Å². The summed E-state index contributed by atoms with van der Waals surface area (Å²) in [5, 5.41) is 2.17. The molecule has 0 saturated carbocycles. The highest BCUT2D eigenvalue weighted by molar-refractivity contribution is 5.94. The predicted molar refractivity (Wildman–Crippen MR) is 79.2 cm³/mol. The molecule has 2 saturated heterocycles. The van der Waals surface area contributed by atoms with Gasteiger partial charge in [-0.1, -0.05) is 18.2 Å². The van der Waals surface area contributed by atoms with Crippen molar-refractivity contribution in [3.8, 4) is 11.5 Å². The highest BCUT2D eigenvalue weighted by atomic mass is 16.6. The lowest BCUT2D eigenvalue weighted by Gasteiger charge is -2.14. The Hall–Kier alpha value is -1.78. The van der Waals surface area contributed by atoms with Gasteiger partial charge in [0, 0.05) is 0 Å². The van der Waals surface area contributed by atoms with Gasteiger partial charge < -0.3 is 18.9 Å². The van der Waals surface area contributed by atoms with Crippen LogP contribution < -0.4 is 9.47 Å². The summed E-state index contributed by atoms with van der Waals surface area (Å²) in [5.41, 5.74) is 1.18. The normalized spacial score (nSPS) is 23.1. The maximum atomic E-state index is 5.95. The average molecular weight is 286 g/mol. The molecule has 110 valence electrons. The molecule has 0 N–H and O–H groups in total. The van der Waals surface area contributed by atoms with Gasteiger partial charge in [-0.3, -0.25) is 0 Å². The first-order valence-corrected chi connectivity index (χ1v) is 7.32. The number of aryl methyl sites for hydroxylation is 1.